The Morgan fingerprint density at radius 3 is 2.94 bits per heavy atom. The third-order valence-electron chi connectivity index (χ3n) is 5.81. The first-order chi connectivity index (χ1) is 16.9. The van der Waals surface area contributed by atoms with E-state index in [0.717, 1.165) is 28.3 Å². The minimum atomic E-state index is -0.386. The zero-order chi connectivity index (χ0) is 24.5. The highest BCUT2D eigenvalue weighted by molar-refractivity contribution is 6.04. The SMILES string of the molecule is C=C1COc2ccc(C(C)Nc3n[nH]c4c(C(=O)NCc5ccc(F)c(C)c5)ncnc34)cc2N1. The molecule has 2 aromatic carbocycles. The van der Waals surface area contributed by atoms with Crippen molar-refractivity contribution in [1.82, 2.24) is 25.5 Å². The second-order valence-electron chi connectivity index (χ2n) is 8.42. The molecule has 0 bridgehead atoms. The van der Waals surface area contributed by atoms with Crippen LogP contribution in [0, 0.1) is 12.7 Å². The lowest BCUT2D eigenvalue weighted by molar-refractivity contribution is 0.0947. The van der Waals surface area contributed by atoms with Gasteiger partial charge in [-0.25, -0.2) is 14.4 Å². The standard InChI is InChI=1S/C25H24FN7O2/c1-13-8-16(4-6-18(13)26)10-27-25(34)23-21-22(28-12-29-23)24(33-32-21)31-15(3)17-5-7-20-19(9-17)30-14(2)11-35-20/h4-9,12,15,30H,2,10-11H2,1,3H3,(H,27,34)(H2,31,32,33). The molecule has 1 aliphatic heterocycles. The van der Waals surface area contributed by atoms with Crippen molar-refractivity contribution in [2.45, 2.75) is 26.4 Å². The minimum Gasteiger partial charge on any atom is -0.485 e. The van der Waals surface area contributed by atoms with Crippen LogP contribution >= 0.6 is 0 Å². The Bertz CT molecular complexity index is 1450. The van der Waals surface area contributed by atoms with Crippen LogP contribution < -0.4 is 20.7 Å². The number of ether oxygens (including phenoxy) is 1. The molecule has 0 saturated carbocycles. The number of halogens is 1. The summed E-state index contributed by atoms with van der Waals surface area (Å²) in [6.45, 7) is 8.28. The zero-order valence-corrected chi connectivity index (χ0v) is 19.3. The molecule has 1 aliphatic rings. The van der Waals surface area contributed by atoms with Crippen molar-refractivity contribution < 1.29 is 13.9 Å². The van der Waals surface area contributed by atoms with Crippen LogP contribution in [0.25, 0.3) is 11.0 Å². The Balaban J connectivity index is 1.33. The van der Waals surface area contributed by atoms with E-state index in [4.69, 9.17) is 4.74 Å². The molecule has 0 radical (unpaired) electrons. The molecular weight excluding hydrogens is 449 g/mol. The van der Waals surface area contributed by atoms with Crippen LogP contribution in [0.4, 0.5) is 15.9 Å². The number of amides is 1. The van der Waals surface area contributed by atoms with Gasteiger partial charge in [0, 0.05) is 12.2 Å². The van der Waals surface area contributed by atoms with Gasteiger partial charge in [0.15, 0.2) is 11.5 Å². The Kier molecular flexibility index (Phi) is 5.77. The fraction of sp³-hybridized carbons (Fsp3) is 0.200. The molecule has 5 rings (SSSR count). The summed E-state index contributed by atoms with van der Waals surface area (Å²) in [6, 6.07) is 10.5. The van der Waals surface area contributed by atoms with Gasteiger partial charge in [0.25, 0.3) is 5.91 Å². The van der Waals surface area contributed by atoms with E-state index in [2.05, 4.69) is 42.7 Å². The topological polar surface area (TPSA) is 117 Å². The predicted octanol–water partition coefficient (Wildman–Crippen LogP) is 4.22. The summed E-state index contributed by atoms with van der Waals surface area (Å²) in [5, 5.41) is 16.6. The maximum atomic E-state index is 13.5. The second kappa shape index (κ2) is 9.05. The Hall–Kier alpha value is -4.47. The van der Waals surface area contributed by atoms with Gasteiger partial charge in [-0.2, -0.15) is 5.10 Å². The fourth-order valence-electron chi connectivity index (χ4n) is 3.91. The number of nitrogens with one attached hydrogen (secondary N) is 4. The summed E-state index contributed by atoms with van der Waals surface area (Å²) in [5.74, 6) is 0.612. The Morgan fingerprint density at radius 2 is 2.11 bits per heavy atom. The summed E-state index contributed by atoms with van der Waals surface area (Å²) >= 11 is 0. The smallest absolute Gasteiger partial charge is 0.272 e. The Morgan fingerprint density at radius 1 is 1.26 bits per heavy atom. The number of carbonyl (C=O) groups is 1. The number of aryl methyl sites for hydroxylation is 1. The first-order valence-electron chi connectivity index (χ1n) is 11.1. The average Bonchev–Trinajstić information content (AvgIpc) is 3.26. The minimum absolute atomic E-state index is 0.113. The van der Waals surface area contributed by atoms with E-state index in [0.29, 0.717) is 29.0 Å². The number of anilines is 2. The molecule has 178 valence electrons. The van der Waals surface area contributed by atoms with E-state index in [-0.39, 0.29) is 30.0 Å². The van der Waals surface area contributed by atoms with Crippen LogP contribution in [-0.4, -0.2) is 32.7 Å². The number of carbonyl (C=O) groups excluding carboxylic acids is 1. The van der Waals surface area contributed by atoms with Crippen LogP contribution in [0.2, 0.25) is 0 Å². The molecule has 4 aromatic rings. The fourth-order valence-corrected chi connectivity index (χ4v) is 3.91. The first-order valence-corrected chi connectivity index (χ1v) is 11.1. The average molecular weight is 474 g/mol. The van der Waals surface area contributed by atoms with Gasteiger partial charge in [0.05, 0.1) is 11.7 Å². The molecule has 35 heavy (non-hydrogen) atoms. The lowest BCUT2D eigenvalue weighted by Gasteiger charge is -2.23. The van der Waals surface area contributed by atoms with E-state index < -0.39 is 0 Å². The van der Waals surface area contributed by atoms with Crippen LogP contribution in [0.5, 0.6) is 5.75 Å². The van der Waals surface area contributed by atoms with Crippen molar-refractivity contribution in [1.29, 1.82) is 0 Å². The summed E-state index contributed by atoms with van der Waals surface area (Å²) in [6.07, 6.45) is 1.33. The van der Waals surface area contributed by atoms with E-state index in [1.54, 1.807) is 19.1 Å². The molecule has 0 fully saturated rings. The number of hydrogen-bond acceptors (Lipinski definition) is 7. The molecular formula is C25H24FN7O2. The van der Waals surface area contributed by atoms with Crippen LogP contribution in [0.3, 0.4) is 0 Å². The van der Waals surface area contributed by atoms with Gasteiger partial charge < -0.3 is 20.7 Å². The molecule has 9 nitrogen and oxygen atoms in total. The summed E-state index contributed by atoms with van der Waals surface area (Å²) in [4.78, 5) is 21.3. The first kappa shape index (κ1) is 22.3. The zero-order valence-electron chi connectivity index (χ0n) is 19.3. The lowest BCUT2D eigenvalue weighted by Crippen LogP contribution is -2.24. The summed E-state index contributed by atoms with van der Waals surface area (Å²) in [5.41, 5.74) is 5.07. The lowest BCUT2D eigenvalue weighted by atomic mass is 10.1. The number of fused-ring (bicyclic) bond motifs is 2. The normalized spacial score (nSPS) is 13.5. The number of nitrogens with zero attached hydrogens (tertiary/aromatic N) is 3. The van der Waals surface area contributed by atoms with Crippen LogP contribution in [0.15, 0.2) is 55.0 Å². The second-order valence-corrected chi connectivity index (χ2v) is 8.42. The van der Waals surface area contributed by atoms with Crippen LogP contribution in [0.1, 0.15) is 40.1 Å². The molecule has 1 unspecified atom stereocenters. The van der Waals surface area contributed by atoms with Gasteiger partial charge in [-0.3, -0.25) is 9.89 Å². The molecule has 0 aliphatic carbocycles. The number of benzene rings is 2. The predicted molar refractivity (Wildman–Crippen MR) is 131 cm³/mol. The third kappa shape index (κ3) is 4.50. The third-order valence-corrected chi connectivity index (χ3v) is 5.81. The van der Waals surface area contributed by atoms with Crippen LogP contribution in [-0.2, 0) is 6.54 Å². The van der Waals surface area contributed by atoms with Crippen molar-refractivity contribution >= 4 is 28.4 Å². The summed E-state index contributed by atoms with van der Waals surface area (Å²) < 4.78 is 19.2. The van der Waals surface area contributed by atoms with E-state index in [1.165, 1.54) is 12.4 Å². The van der Waals surface area contributed by atoms with E-state index in [1.807, 2.05) is 25.1 Å². The quantitative estimate of drug-likeness (QED) is 0.331. The molecule has 4 N–H and O–H groups in total. The summed E-state index contributed by atoms with van der Waals surface area (Å²) in [7, 11) is 0. The maximum absolute atomic E-state index is 13.5. The van der Waals surface area contributed by atoms with E-state index >= 15 is 0 Å². The van der Waals surface area contributed by atoms with Crippen molar-refractivity contribution in [2.75, 3.05) is 17.2 Å². The highest BCUT2D eigenvalue weighted by Gasteiger charge is 2.20. The highest BCUT2D eigenvalue weighted by Crippen LogP contribution is 2.33. The molecule has 10 heteroatoms. The van der Waals surface area contributed by atoms with Gasteiger partial charge >= 0.3 is 0 Å². The largest absolute Gasteiger partial charge is 0.485 e. The van der Waals surface area contributed by atoms with Crippen molar-refractivity contribution in [2.24, 2.45) is 0 Å². The van der Waals surface area contributed by atoms with Gasteiger partial charge in [-0.05, 0) is 48.7 Å². The molecule has 0 saturated heterocycles. The van der Waals surface area contributed by atoms with Gasteiger partial charge in [-0.1, -0.05) is 24.8 Å². The number of rotatable bonds is 6. The maximum Gasteiger partial charge on any atom is 0.272 e. The van der Waals surface area contributed by atoms with Crippen molar-refractivity contribution in [3.05, 3.63) is 83.2 Å². The number of H-pyrrole nitrogens is 1. The monoisotopic (exact) mass is 473 g/mol. The number of aromatic amines is 1. The van der Waals surface area contributed by atoms with Gasteiger partial charge in [0.2, 0.25) is 0 Å². The molecule has 0 spiro atoms. The van der Waals surface area contributed by atoms with Gasteiger partial charge in [-0.15, -0.1) is 0 Å². The Labute approximate surface area is 200 Å². The van der Waals surface area contributed by atoms with Crippen molar-refractivity contribution in [3.63, 3.8) is 0 Å². The number of aromatic nitrogens is 4. The number of hydrogen-bond donors (Lipinski definition) is 4. The molecule has 1 atom stereocenters. The molecule has 2 aromatic heterocycles. The van der Waals surface area contributed by atoms with Gasteiger partial charge in [0.1, 0.15) is 35.5 Å². The van der Waals surface area contributed by atoms with E-state index in [9.17, 15) is 9.18 Å². The molecule has 1 amide bonds. The highest BCUT2D eigenvalue weighted by atomic mass is 19.1. The van der Waals surface area contributed by atoms with Crippen molar-refractivity contribution in [3.8, 4) is 5.75 Å². The molecule has 3 heterocycles.